The van der Waals surface area contributed by atoms with E-state index in [2.05, 4.69) is 29.6 Å². The van der Waals surface area contributed by atoms with Crippen molar-refractivity contribution < 1.29 is 0 Å². The molecule has 5 saturated carbocycles. The van der Waals surface area contributed by atoms with Gasteiger partial charge in [-0.1, -0.05) is 12.8 Å². The van der Waals surface area contributed by atoms with Gasteiger partial charge in [0.05, 0.1) is 0 Å². The third-order valence-corrected chi connectivity index (χ3v) is 7.35. The van der Waals surface area contributed by atoms with Crippen molar-refractivity contribution >= 4 is 17.3 Å². The lowest BCUT2D eigenvalue weighted by atomic mass is 9.53. The Morgan fingerprint density at radius 1 is 0.957 bits per heavy atom. The summed E-state index contributed by atoms with van der Waals surface area (Å²) in [6, 6.07) is 1.15. The summed E-state index contributed by atoms with van der Waals surface area (Å²) in [5.74, 6) is 2.92. The molecule has 5 aliphatic carbocycles. The van der Waals surface area contributed by atoms with Crippen LogP contribution in [-0.4, -0.2) is 41.7 Å². The van der Waals surface area contributed by atoms with Crippen LogP contribution in [-0.2, 0) is 0 Å². The Morgan fingerprint density at radius 2 is 1.52 bits per heavy atom. The fraction of sp³-hybridized carbons (Fsp3) is 0.947. The number of hydrogen-bond acceptors (Lipinski definition) is 2. The average Bonchev–Trinajstić information content (AvgIpc) is 2.45. The van der Waals surface area contributed by atoms with Gasteiger partial charge in [-0.05, 0) is 95.4 Å². The normalized spacial score (nSPS) is 45.3. The topological polar surface area (TPSA) is 27.3 Å². The maximum absolute atomic E-state index is 5.77. The zero-order valence-corrected chi connectivity index (χ0v) is 15.6. The second-order valence-electron chi connectivity index (χ2n) is 9.22. The van der Waals surface area contributed by atoms with Gasteiger partial charge in [-0.15, -0.1) is 0 Å². The van der Waals surface area contributed by atoms with E-state index in [0.717, 1.165) is 22.9 Å². The second kappa shape index (κ2) is 6.18. The van der Waals surface area contributed by atoms with E-state index in [1.807, 2.05) is 0 Å². The highest BCUT2D eigenvalue weighted by Gasteiger charge is 2.51. The van der Waals surface area contributed by atoms with Gasteiger partial charge in [0.15, 0.2) is 5.11 Å². The van der Waals surface area contributed by atoms with Gasteiger partial charge in [0, 0.05) is 17.6 Å². The van der Waals surface area contributed by atoms with E-state index in [9.17, 15) is 0 Å². The molecule has 23 heavy (non-hydrogen) atoms. The summed E-state index contributed by atoms with van der Waals surface area (Å²) < 4.78 is 0. The van der Waals surface area contributed by atoms with E-state index < -0.39 is 0 Å². The molecule has 0 amide bonds. The van der Waals surface area contributed by atoms with Gasteiger partial charge in [0.25, 0.3) is 0 Å². The predicted octanol–water partition coefficient (Wildman–Crippen LogP) is 3.29. The van der Waals surface area contributed by atoms with Crippen LogP contribution in [0.15, 0.2) is 0 Å². The number of hydrogen-bond donors (Lipinski definition) is 2. The highest BCUT2D eigenvalue weighted by Crippen LogP contribution is 2.55. The molecule has 5 rings (SSSR count). The lowest BCUT2D eigenvalue weighted by molar-refractivity contribution is -0.0103. The van der Waals surface area contributed by atoms with Crippen molar-refractivity contribution in [2.75, 3.05) is 14.1 Å². The van der Waals surface area contributed by atoms with E-state index in [1.54, 1.807) is 0 Å². The summed E-state index contributed by atoms with van der Waals surface area (Å²) in [6.07, 6.45) is 13.8. The molecule has 4 bridgehead atoms. The molecule has 0 aromatic heterocycles. The van der Waals surface area contributed by atoms with Crippen molar-refractivity contribution in [1.82, 2.24) is 15.5 Å². The van der Waals surface area contributed by atoms with Gasteiger partial charge < -0.3 is 15.5 Å². The Bertz CT molecular complexity index is 426. The first-order valence-electron chi connectivity index (χ1n) is 9.78. The lowest BCUT2D eigenvalue weighted by Gasteiger charge is -2.57. The molecule has 0 spiro atoms. The van der Waals surface area contributed by atoms with Gasteiger partial charge in [-0.25, -0.2) is 0 Å². The molecular formula is C19H33N3S. The molecule has 5 fully saturated rings. The summed E-state index contributed by atoms with van der Waals surface area (Å²) in [5, 5.41) is 8.47. The summed E-state index contributed by atoms with van der Waals surface area (Å²) >= 11 is 5.77. The van der Waals surface area contributed by atoms with E-state index in [-0.39, 0.29) is 0 Å². The Labute approximate surface area is 147 Å². The quantitative estimate of drug-likeness (QED) is 0.774. The van der Waals surface area contributed by atoms with Crippen LogP contribution < -0.4 is 10.6 Å². The maximum Gasteiger partial charge on any atom is 0.166 e. The highest BCUT2D eigenvalue weighted by atomic mass is 32.1. The predicted molar refractivity (Wildman–Crippen MR) is 99.5 cm³/mol. The van der Waals surface area contributed by atoms with E-state index >= 15 is 0 Å². The number of nitrogens with one attached hydrogen (secondary N) is 2. The van der Waals surface area contributed by atoms with Gasteiger partial charge in [-0.3, -0.25) is 0 Å². The lowest BCUT2D eigenvalue weighted by Crippen LogP contribution is -2.63. The minimum absolute atomic E-state index is 0.334. The van der Waals surface area contributed by atoms with Crippen molar-refractivity contribution in [2.45, 2.75) is 81.8 Å². The molecule has 0 aromatic carbocycles. The maximum atomic E-state index is 5.77. The van der Waals surface area contributed by atoms with Crippen molar-refractivity contribution in [1.29, 1.82) is 0 Å². The zero-order chi connectivity index (χ0) is 16.0. The summed E-state index contributed by atoms with van der Waals surface area (Å²) in [5.41, 5.74) is 0.334. The van der Waals surface area contributed by atoms with Crippen LogP contribution in [0.5, 0.6) is 0 Å². The first kappa shape index (κ1) is 16.1. The Morgan fingerprint density at radius 3 is 2.09 bits per heavy atom. The molecule has 5 aliphatic rings. The molecule has 3 nitrogen and oxygen atoms in total. The molecule has 0 unspecified atom stereocenters. The molecule has 130 valence electrons. The monoisotopic (exact) mass is 335 g/mol. The van der Waals surface area contributed by atoms with Crippen LogP contribution in [0.3, 0.4) is 0 Å². The van der Waals surface area contributed by atoms with Crippen LogP contribution in [0.2, 0.25) is 0 Å². The van der Waals surface area contributed by atoms with Crippen LogP contribution in [0.25, 0.3) is 0 Å². The molecule has 2 N–H and O–H groups in total. The third kappa shape index (κ3) is 3.26. The molecule has 0 saturated heterocycles. The third-order valence-electron chi connectivity index (χ3n) is 7.13. The van der Waals surface area contributed by atoms with Crippen molar-refractivity contribution in [3.8, 4) is 0 Å². The molecular weight excluding hydrogens is 302 g/mol. The largest absolute Gasteiger partial charge is 0.358 e. The Hall–Kier alpha value is -0.350. The SMILES string of the molecule is CN(C)[C@H]1CCCC[C@@H]1NC(=S)NC12CC3CC(CC(C3)C1)C2. The van der Waals surface area contributed by atoms with Crippen LogP contribution in [0.1, 0.15) is 64.2 Å². The van der Waals surface area contributed by atoms with Gasteiger partial charge in [-0.2, -0.15) is 0 Å². The van der Waals surface area contributed by atoms with E-state index in [0.29, 0.717) is 17.6 Å². The average molecular weight is 336 g/mol. The molecule has 2 atom stereocenters. The molecule has 0 radical (unpaired) electrons. The fourth-order valence-corrected chi connectivity index (χ4v) is 6.97. The number of rotatable bonds is 3. The minimum atomic E-state index is 0.334. The number of nitrogens with zero attached hydrogens (tertiary/aromatic N) is 1. The molecule has 0 aliphatic heterocycles. The Balaban J connectivity index is 1.38. The first-order valence-corrected chi connectivity index (χ1v) is 10.2. The molecule has 0 aromatic rings. The van der Waals surface area contributed by atoms with Crippen LogP contribution in [0, 0.1) is 17.8 Å². The van der Waals surface area contributed by atoms with Gasteiger partial charge >= 0.3 is 0 Å². The minimum Gasteiger partial charge on any atom is -0.358 e. The Kier molecular flexibility index (Phi) is 4.34. The standard InChI is InChI=1S/C19H33N3S/c1-22(2)17-6-4-3-5-16(17)20-18(23)21-19-10-13-7-14(11-19)9-15(8-13)12-19/h13-17H,3-12H2,1-2H3,(H2,20,21,23)/t13?,14?,15?,16-,17-,19?/m0/s1. The van der Waals surface area contributed by atoms with E-state index in [4.69, 9.17) is 12.2 Å². The van der Waals surface area contributed by atoms with Crippen molar-refractivity contribution in [3.05, 3.63) is 0 Å². The number of thiocarbonyl (C=S) groups is 1. The van der Waals surface area contributed by atoms with Crippen LogP contribution >= 0.6 is 12.2 Å². The second-order valence-corrected chi connectivity index (χ2v) is 9.63. The van der Waals surface area contributed by atoms with Crippen LogP contribution in [0.4, 0.5) is 0 Å². The summed E-state index contributed by atoms with van der Waals surface area (Å²) in [6.45, 7) is 0. The number of likely N-dealkylation sites (N-methyl/N-ethyl adjacent to an activating group) is 1. The summed E-state index contributed by atoms with van der Waals surface area (Å²) in [7, 11) is 4.42. The smallest absolute Gasteiger partial charge is 0.166 e. The first-order chi connectivity index (χ1) is 11.0. The highest BCUT2D eigenvalue weighted by molar-refractivity contribution is 7.80. The van der Waals surface area contributed by atoms with E-state index in [1.165, 1.54) is 64.2 Å². The fourth-order valence-electron chi connectivity index (χ4n) is 6.61. The molecule has 0 heterocycles. The van der Waals surface area contributed by atoms with Crippen molar-refractivity contribution in [3.63, 3.8) is 0 Å². The zero-order valence-electron chi connectivity index (χ0n) is 14.8. The molecule has 4 heteroatoms. The summed E-state index contributed by atoms with van der Waals surface area (Å²) in [4.78, 5) is 2.38. The van der Waals surface area contributed by atoms with Crippen molar-refractivity contribution in [2.24, 2.45) is 17.8 Å². The van der Waals surface area contributed by atoms with Gasteiger partial charge in [0.1, 0.15) is 0 Å². The van der Waals surface area contributed by atoms with Gasteiger partial charge in [0.2, 0.25) is 0 Å².